The van der Waals surface area contributed by atoms with Crippen LogP contribution in [0.5, 0.6) is 11.5 Å². The number of hydrogen-bond acceptors (Lipinski definition) is 4. The highest BCUT2D eigenvalue weighted by molar-refractivity contribution is 5.77. The number of phenolic OH excluding ortho intramolecular Hbond substituents is 1. The Bertz CT molecular complexity index is 1180. The lowest BCUT2D eigenvalue weighted by molar-refractivity contribution is -0.140. The third-order valence-electron chi connectivity index (χ3n) is 8.42. The van der Waals surface area contributed by atoms with Crippen molar-refractivity contribution >= 4 is 5.97 Å². The number of aromatic hydroxyl groups is 1. The van der Waals surface area contributed by atoms with Gasteiger partial charge in [0, 0.05) is 16.7 Å². The molecule has 0 unspecified atom stereocenters. The minimum absolute atomic E-state index is 0.0252. The van der Waals surface area contributed by atoms with E-state index < -0.39 is 0 Å². The van der Waals surface area contributed by atoms with Crippen LogP contribution in [0.25, 0.3) is 22.5 Å². The molecule has 5 rings (SSSR count). The molecule has 5 heteroatoms. The van der Waals surface area contributed by atoms with Crippen molar-refractivity contribution in [1.82, 2.24) is 9.78 Å². The van der Waals surface area contributed by atoms with E-state index in [1.807, 2.05) is 24.3 Å². The van der Waals surface area contributed by atoms with E-state index in [0.717, 1.165) is 73.4 Å². The Morgan fingerprint density at radius 2 is 1.62 bits per heavy atom. The number of ether oxygens (including phenoxy) is 1. The minimum atomic E-state index is -0.0786. The van der Waals surface area contributed by atoms with Crippen LogP contribution in [-0.2, 0) is 11.2 Å². The van der Waals surface area contributed by atoms with E-state index in [1.54, 1.807) is 12.1 Å². The Balaban J connectivity index is 1.34. The molecule has 0 atom stereocenters. The first-order valence-electron chi connectivity index (χ1n) is 14.3. The number of esters is 1. The number of hydrogen-bond donors (Lipinski definition) is 1. The molecule has 0 aliphatic heterocycles. The quantitative estimate of drug-likeness (QED) is 0.238. The summed E-state index contributed by atoms with van der Waals surface area (Å²) < 4.78 is 8.04. The lowest BCUT2D eigenvalue weighted by atomic mass is 9.80. The molecule has 2 aliphatic carbocycles. The number of rotatable bonds is 9. The van der Waals surface area contributed by atoms with Gasteiger partial charge in [-0.2, -0.15) is 5.10 Å². The summed E-state index contributed by atoms with van der Waals surface area (Å²) in [6, 6.07) is 15.7. The van der Waals surface area contributed by atoms with Crippen LogP contribution in [0.2, 0.25) is 0 Å². The van der Waals surface area contributed by atoms with Gasteiger partial charge in [-0.15, -0.1) is 0 Å². The van der Waals surface area contributed by atoms with E-state index in [9.17, 15) is 9.90 Å². The molecule has 0 saturated heterocycles. The summed E-state index contributed by atoms with van der Waals surface area (Å²) in [5.74, 6) is 1.61. The molecule has 2 aliphatic rings. The van der Waals surface area contributed by atoms with Gasteiger partial charge in [0.2, 0.25) is 0 Å². The number of carbonyl (C=O) groups is 1. The van der Waals surface area contributed by atoms with Crippen LogP contribution in [-0.4, -0.2) is 20.9 Å². The molecule has 0 radical (unpaired) electrons. The second-order valence-corrected chi connectivity index (χ2v) is 10.9. The molecule has 0 amide bonds. The van der Waals surface area contributed by atoms with Crippen LogP contribution in [0.3, 0.4) is 0 Å². The molecular formula is C32H40N2O3. The molecule has 3 aromatic rings. The lowest BCUT2D eigenvalue weighted by Gasteiger charge is -2.28. The van der Waals surface area contributed by atoms with Gasteiger partial charge in [0.15, 0.2) is 0 Å². The summed E-state index contributed by atoms with van der Waals surface area (Å²) in [6.07, 6.45) is 12.4. The summed E-state index contributed by atoms with van der Waals surface area (Å²) in [5, 5.41) is 14.8. The highest BCUT2D eigenvalue weighted by Gasteiger charge is 2.29. The van der Waals surface area contributed by atoms with Gasteiger partial charge in [0.05, 0.1) is 23.3 Å². The van der Waals surface area contributed by atoms with Gasteiger partial charge in [-0.25, -0.2) is 0 Å². The zero-order valence-electron chi connectivity index (χ0n) is 22.3. The second-order valence-electron chi connectivity index (χ2n) is 10.9. The van der Waals surface area contributed by atoms with Crippen LogP contribution in [0, 0.1) is 11.8 Å². The molecule has 2 fully saturated rings. The molecule has 1 N–H and O–H groups in total. The summed E-state index contributed by atoms with van der Waals surface area (Å²) in [5.41, 5.74) is 5.46. The van der Waals surface area contributed by atoms with Crippen LogP contribution >= 0.6 is 0 Å². The van der Waals surface area contributed by atoms with Gasteiger partial charge in [0.25, 0.3) is 0 Å². The van der Waals surface area contributed by atoms with Crippen molar-refractivity contribution in [3.05, 3.63) is 54.1 Å². The number of aromatic nitrogens is 2. The molecule has 1 aromatic heterocycles. The van der Waals surface area contributed by atoms with Crippen molar-refractivity contribution in [2.24, 2.45) is 11.8 Å². The zero-order chi connectivity index (χ0) is 25.8. The van der Waals surface area contributed by atoms with Crippen LogP contribution in [0.15, 0.2) is 48.5 Å². The molecule has 37 heavy (non-hydrogen) atoms. The van der Waals surface area contributed by atoms with Crippen LogP contribution in [0.1, 0.15) is 89.7 Å². The van der Waals surface area contributed by atoms with Gasteiger partial charge in [-0.05, 0) is 106 Å². The third-order valence-corrected chi connectivity index (χ3v) is 8.42. The Labute approximate surface area is 220 Å². The van der Waals surface area contributed by atoms with Crippen molar-refractivity contribution in [2.45, 2.75) is 90.5 Å². The fraction of sp³-hybridized carbons (Fsp3) is 0.500. The van der Waals surface area contributed by atoms with Gasteiger partial charge in [-0.3, -0.25) is 9.48 Å². The van der Waals surface area contributed by atoms with Crippen molar-refractivity contribution < 1.29 is 14.6 Å². The number of phenols is 1. The summed E-state index contributed by atoms with van der Waals surface area (Å²) >= 11 is 0. The van der Waals surface area contributed by atoms with Crippen molar-refractivity contribution in [1.29, 1.82) is 0 Å². The molecule has 2 aromatic carbocycles. The average molecular weight is 501 g/mol. The molecule has 196 valence electrons. The van der Waals surface area contributed by atoms with Gasteiger partial charge < -0.3 is 9.84 Å². The number of nitrogens with zero attached hydrogens (tertiary/aromatic N) is 2. The van der Waals surface area contributed by atoms with E-state index in [-0.39, 0.29) is 17.6 Å². The number of unbranched alkanes of at least 4 members (excludes halogenated alkanes) is 1. The number of benzene rings is 2. The predicted octanol–water partition coefficient (Wildman–Crippen LogP) is 8.11. The normalized spacial score (nSPS) is 19.9. The molecule has 2 saturated carbocycles. The van der Waals surface area contributed by atoms with Gasteiger partial charge >= 0.3 is 5.97 Å². The van der Waals surface area contributed by atoms with E-state index in [2.05, 4.69) is 30.7 Å². The fourth-order valence-corrected chi connectivity index (χ4v) is 5.92. The van der Waals surface area contributed by atoms with Crippen LogP contribution in [0.4, 0.5) is 0 Å². The highest BCUT2D eigenvalue weighted by Crippen LogP contribution is 2.41. The predicted molar refractivity (Wildman–Crippen MR) is 148 cm³/mol. The molecule has 0 spiro atoms. The Morgan fingerprint density at radius 1 is 0.946 bits per heavy atom. The topological polar surface area (TPSA) is 64.3 Å². The maximum atomic E-state index is 12.9. The maximum Gasteiger partial charge on any atom is 0.314 e. The first-order valence-corrected chi connectivity index (χ1v) is 14.3. The zero-order valence-corrected chi connectivity index (χ0v) is 22.3. The summed E-state index contributed by atoms with van der Waals surface area (Å²) in [6.45, 7) is 4.41. The minimum Gasteiger partial charge on any atom is -0.508 e. The largest absolute Gasteiger partial charge is 0.508 e. The lowest BCUT2D eigenvalue weighted by Crippen LogP contribution is -2.25. The van der Waals surface area contributed by atoms with Crippen molar-refractivity contribution in [2.75, 3.05) is 0 Å². The van der Waals surface area contributed by atoms with E-state index >= 15 is 0 Å². The second kappa shape index (κ2) is 11.5. The Hall–Kier alpha value is -3.08. The average Bonchev–Trinajstić information content (AvgIpc) is 3.26. The van der Waals surface area contributed by atoms with E-state index in [4.69, 9.17) is 9.84 Å². The monoisotopic (exact) mass is 500 g/mol. The van der Waals surface area contributed by atoms with Gasteiger partial charge in [-0.1, -0.05) is 33.1 Å². The number of carbonyl (C=O) groups excluding carboxylic acids is 1. The Kier molecular flexibility index (Phi) is 7.97. The van der Waals surface area contributed by atoms with E-state index in [1.165, 1.54) is 31.2 Å². The maximum absolute atomic E-state index is 12.9. The SMILES string of the molecule is CCCCC1CCC(C(=O)Oc2ccc(-c3c(CC)c(-c4ccc(O)cc4)nn3C3CCC3)cc2)CC1. The smallest absolute Gasteiger partial charge is 0.314 e. The van der Waals surface area contributed by atoms with Crippen molar-refractivity contribution in [3.63, 3.8) is 0 Å². The first-order chi connectivity index (χ1) is 18.1. The molecular weight excluding hydrogens is 460 g/mol. The summed E-state index contributed by atoms with van der Waals surface area (Å²) in [4.78, 5) is 12.9. The molecule has 1 heterocycles. The highest BCUT2D eigenvalue weighted by atomic mass is 16.5. The standard InChI is InChI=1S/C32H40N2O3/c1-3-5-7-22-10-12-25(13-11-22)32(36)37-28-20-16-24(17-21-28)31-29(4-2)30(23-14-18-27(35)19-15-23)33-34(31)26-8-6-9-26/h14-22,25-26,35H,3-13H2,1-2H3. The van der Waals surface area contributed by atoms with Crippen molar-refractivity contribution in [3.8, 4) is 34.0 Å². The first kappa shape index (κ1) is 25.6. The fourth-order valence-electron chi connectivity index (χ4n) is 5.92. The van der Waals surface area contributed by atoms with E-state index in [0.29, 0.717) is 11.8 Å². The molecule has 0 bridgehead atoms. The summed E-state index contributed by atoms with van der Waals surface area (Å²) in [7, 11) is 0. The van der Waals surface area contributed by atoms with Crippen LogP contribution < -0.4 is 4.74 Å². The van der Waals surface area contributed by atoms with Gasteiger partial charge in [0.1, 0.15) is 11.5 Å². The third kappa shape index (κ3) is 5.61. The molecule has 5 nitrogen and oxygen atoms in total. The Morgan fingerprint density at radius 3 is 2.22 bits per heavy atom.